The molecule has 6 nitrogen and oxygen atoms in total. The normalized spacial score (nSPS) is 23.1. The first-order valence-corrected chi connectivity index (χ1v) is 7.75. The van der Waals surface area contributed by atoms with Gasteiger partial charge < -0.3 is 19.6 Å². The average Bonchev–Trinajstić information content (AvgIpc) is 2.45. The van der Waals surface area contributed by atoms with Gasteiger partial charge in [0.05, 0.1) is 6.10 Å². The van der Waals surface area contributed by atoms with E-state index in [1.165, 1.54) is 0 Å². The zero-order valence-electron chi connectivity index (χ0n) is 13.0. The predicted octanol–water partition coefficient (Wildman–Crippen LogP) is 1.79. The van der Waals surface area contributed by atoms with Crippen molar-refractivity contribution in [2.24, 2.45) is 5.41 Å². The number of ether oxygens (including phenoxy) is 1. The maximum atomic E-state index is 12.5. The molecular formula is C15H26N2O4. The standard InChI is InChI=1S/C15H26N2O4/c1-15(2)5-9-17(10-6-15)14(20)16-7-3-12(4-8-16)21-11-13(18)19/h12H,3-11H2,1-2H3,(H,18,19). The molecule has 120 valence electrons. The summed E-state index contributed by atoms with van der Waals surface area (Å²) in [6.45, 7) is 7.23. The van der Waals surface area contributed by atoms with Gasteiger partial charge in [0.1, 0.15) is 6.61 Å². The number of piperidine rings is 2. The van der Waals surface area contributed by atoms with Crippen LogP contribution >= 0.6 is 0 Å². The third kappa shape index (κ3) is 4.59. The Bertz CT molecular complexity index is 379. The van der Waals surface area contributed by atoms with E-state index in [0.29, 0.717) is 18.5 Å². The maximum Gasteiger partial charge on any atom is 0.329 e. The number of nitrogens with zero attached hydrogens (tertiary/aromatic N) is 2. The van der Waals surface area contributed by atoms with Crippen molar-refractivity contribution in [3.8, 4) is 0 Å². The van der Waals surface area contributed by atoms with Gasteiger partial charge in [0.25, 0.3) is 0 Å². The Morgan fingerprint density at radius 3 is 2.14 bits per heavy atom. The average molecular weight is 298 g/mol. The van der Waals surface area contributed by atoms with E-state index in [1.807, 2.05) is 9.80 Å². The second-order valence-electron chi connectivity index (χ2n) is 6.82. The van der Waals surface area contributed by atoms with Crippen molar-refractivity contribution >= 4 is 12.0 Å². The first-order chi connectivity index (χ1) is 9.87. The Hall–Kier alpha value is -1.30. The Labute approximate surface area is 126 Å². The zero-order valence-corrected chi connectivity index (χ0v) is 13.0. The number of carbonyl (C=O) groups excluding carboxylic acids is 1. The maximum absolute atomic E-state index is 12.5. The highest BCUT2D eigenvalue weighted by molar-refractivity contribution is 5.74. The van der Waals surface area contributed by atoms with Crippen LogP contribution in [0, 0.1) is 5.41 Å². The third-order valence-electron chi connectivity index (χ3n) is 4.54. The smallest absolute Gasteiger partial charge is 0.329 e. The Balaban J connectivity index is 1.74. The van der Waals surface area contributed by atoms with E-state index in [2.05, 4.69) is 13.8 Å². The molecule has 0 saturated carbocycles. The zero-order chi connectivity index (χ0) is 15.5. The monoisotopic (exact) mass is 298 g/mol. The summed E-state index contributed by atoms with van der Waals surface area (Å²) >= 11 is 0. The van der Waals surface area contributed by atoms with Gasteiger partial charge in [0.2, 0.25) is 0 Å². The number of rotatable bonds is 3. The van der Waals surface area contributed by atoms with Gasteiger partial charge >= 0.3 is 12.0 Å². The fourth-order valence-electron chi connectivity index (χ4n) is 2.91. The molecule has 0 aromatic heterocycles. The van der Waals surface area contributed by atoms with Gasteiger partial charge in [0.15, 0.2) is 0 Å². The summed E-state index contributed by atoms with van der Waals surface area (Å²) in [7, 11) is 0. The first-order valence-electron chi connectivity index (χ1n) is 7.75. The number of aliphatic carboxylic acids is 1. The fraction of sp³-hybridized carbons (Fsp3) is 0.867. The van der Waals surface area contributed by atoms with E-state index < -0.39 is 5.97 Å². The minimum Gasteiger partial charge on any atom is -0.480 e. The van der Waals surface area contributed by atoms with Gasteiger partial charge in [-0.25, -0.2) is 9.59 Å². The van der Waals surface area contributed by atoms with Crippen molar-refractivity contribution in [3.05, 3.63) is 0 Å². The van der Waals surface area contributed by atoms with E-state index in [9.17, 15) is 9.59 Å². The molecular weight excluding hydrogens is 272 g/mol. The summed E-state index contributed by atoms with van der Waals surface area (Å²) < 4.78 is 5.29. The highest BCUT2D eigenvalue weighted by Gasteiger charge is 2.31. The Morgan fingerprint density at radius 2 is 1.62 bits per heavy atom. The number of amides is 2. The van der Waals surface area contributed by atoms with E-state index in [0.717, 1.165) is 38.8 Å². The van der Waals surface area contributed by atoms with Crippen LogP contribution in [-0.2, 0) is 9.53 Å². The van der Waals surface area contributed by atoms with Crippen LogP contribution in [0.15, 0.2) is 0 Å². The van der Waals surface area contributed by atoms with Crippen molar-refractivity contribution in [2.45, 2.75) is 45.6 Å². The second-order valence-corrected chi connectivity index (χ2v) is 6.82. The molecule has 0 aromatic carbocycles. The quantitative estimate of drug-likeness (QED) is 0.862. The molecule has 2 saturated heterocycles. The van der Waals surface area contributed by atoms with Crippen LogP contribution in [0.2, 0.25) is 0 Å². The SMILES string of the molecule is CC1(C)CCN(C(=O)N2CCC(OCC(=O)O)CC2)CC1. The molecule has 2 aliphatic heterocycles. The first kappa shape index (κ1) is 16.1. The molecule has 0 bridgehead atoms. The lowest BCUT2D eigenvalue weighted by Crippen LogP contribution is -2.51. The summed E-state index contributed by atoms with van der Waals surface area (Å²) in [6.07, 6.45) is 3.51. The molecule has 0 aromatic rings. The number of urea groups is 1. The van der Waals surface area contributed by atoms with Gasteiger partial charge in [0, 0.05) is 26.2 Å². The van der Waals surface area contributed by atoms with Crippen molar-refractivity contribution in [1.82, 2.24) is 9.80 Å². The van der Waals surface area contributed by atoms with E-state index in [4.69, 9.17) is 9.84 Å². The number of carboxylic acids is 1. The van der Waals surface area contributed by atoms with Crippen LogP contribution in [-0.4, -0.2) is 65.8 Å². The van der Waals surface area contributed by atoms with Crippen LogP contribution < -0.4 is 0 Å². The summed E-state index contributed by atoms with van der Waals surface area (Å²) in [4.78, 5) is 26.8. The molecule has 2 aliphatic rings. The fourth-order valence-corrected chi connectivity index (χ4v) is 2.91. The summed E-state index contributed by atoms with van der Waals surface area (Å²) in [5.41, 5.74) is 0.342. The van der Waals surface area contributed by atoms with Crippen LogP contribution in [0.1, 0.15) is 39.5 Å². The summed E-state index contributed by atoms with van der Waals surface area (Å²) in [5.74, 6) is -0.940. The van der Waals surface area contributed by atoms with Crippen LogP contribution in [0.25, 0.3) is 0 Å². The van der Waals surface area contributed by atoms with Crippen molar-refractivity contribution in [1.29, 1.82) is 0 Å². The van der Waals surface area contributed by atoms with Gasteiger partial charge in [-0.3, -0.25) is 0 Å². The van der Waals surface area contributed by atoms with Gasteiger partial charge in [-0.1, -0.05) is 13.8 Å². The van der Waals surface area contributed by atoms with Crippen LogP contribution in [0.5, 0.6) is 0 Å². The minimum absolute atomic E-state index is 0.0366. The number of carboxylic acid groups (broad SMARTS) is 1. The van der Waals surface area contributed by atoms with Gasteiger partial charge in [-0.2, -0.15) is 0 Å². The number of likely N-dealkylation sites (tertiary alicyclic amines) is 2. The molecule has 6 heteroatoms. The van der Waals surface area contributed by atoms with Crippen molar-refractivity contribution < 1.29 is 19.4 Å². The van der Waals surface area contributed by atoms with E-state index in [-0.39, 0.29) is 18.7 Å². The molecule has 1 N–H and O–H groups in total. The highest BCUT2D eigenvalue weighted by atomic mass is 16.5. The summed E-state index contributed by atoms with van der Waals surface area (Å²) in [6, 6.07) is 0.127. The molecule has 0 unspecified atom stereocenters. The minimum atomic E-state index is -0.940. The number of carbonyl (C=O) groups is 2. The number of hydrogen-bond donors (Lipinski definition) is 1. The summed E-state index contributed by atoms with van der Waals surface area (Å²) in [5, 5.41) is 8.60. The predicted molar refractivity (Wildman–Crippen MR) is 78.2 cm³/mol. The lowest BCUT2D eigenvalue weighted by atomic mass is 9.83. The van der Waals surface area contributed by atoms with E-state index >= 15 is 0 Å². The van der Waals surface area contributed by atoms with Crippen molar-refractivity contribution in [2.75, 3.05) is 32.8 Å². The molecule has 2 heterocycles. The lowest BCUT2D eigenvalue weighted by molar-refractivity contribution is -0.145. The molecule has 0 atom stereocenters. The van der Waals surface area contributed by atoms with Gasteiger partial charge in [-0.05, 0) is 31.1 Å². The lowest BCUT2D eigenvalue weighted by Gasteiger charge is -2.40. The van der Waals surface area contributed by atoms with Gasteiger partial charge in [-0.15, -0.1) is 0 Å². The molecule has 21 heavy (non-hydrogen) atoms. The largest absolute Gasteiger partial charge is 0.480 e. The Morgan fingerprint density at radius 1 is 1.10 bits per heavy atom. The third-order valence-corrected chi connectivity index (χ3v) is 4.54. The molecule has 0 spiro atoms. The van der Waals surface area contributed by atoms with Crippen molar-refractivity contribution in [3.63, 3.8) is 0 Å². The topological polar surface area (TPSA) is 70.1 Å². The number of hydrogen-bond acceptors (Lipinski definition) is 3. The highest BCUT2D eigenvalue weighted by Crippen LogP contribution is 2.30. The second kappa shape index (κ2) is 6.64. The molecule has 2 fully saturated rings. The molecule has 2 amide bonds. The Kier molecular flexibility index (Phi) is 5.08. The molecule has 0 aliphatic carbocycles. The van der Waals surface area contributed by atoms with E-state index in [1.54, 1.807) is 0 Å². The van der Waals surface area contributed by atoms with Crippen LogP contribution in [0.3, 0.4) is 0 Å². The molecule has 0 radical (unpaired) electrons. The van der Waals surface area contributed by atoms with Crippen LogP contribution in [0.4, 0.5) is 4.79 Å². The molecule has 2 rings (SSSR count).